The maximum Gasteiger partial charge on any atom is 0.227 e. The number of aryl methyl sites for hydroxylation is 1. The molecule has 8 nitrogen and oxygen atoms in total. The van der Waals surface area contributed by atoms with Gasteiger partial charge in [-0.3, -0.25) is 9.48 Å². The third-order valence-electron chi connectivity index (χ3n) is 5.47. The van der Waals surface area contributed by atoms with Crippen LogP contribution in [0, 0.1) is 17.2 Å². The van der Waals surface area contributed by atoms with E-state index in [2.05, 4.69) is 26.4 Å². The number of nitrogens with one attached hydrogen (secondary N) is 1. The van der Waals surface area contributed by atoms with Crippen LogP contribution in [0.4, 0.5) is 5.82 Å². The maximum absolute atomic E-state index is 13.1. The SMILES string of the molecule is Cl.Cn1cc([C@H]2CNC[C@@H]2C(=O)N2CCN(c3cc(C#N)ccn3)CC2)cn1. The Balaban J connectivity index is 0.00000225. The molecule has 148 valence electrons. The number of amides is 1. The van der Waals surface area contributed by atoms with Crippen molar-refractivity contribution in [3.8, 4) is 6.07 Å². The topological polar surface area (TPSA) is 90.1 Å². The highest BCUT2D eigenvalue weighted by Gasteiger charge is 2.37. The van der Waals surface area contributed by atoms with Gasteiger partial charge in [0, 0.05) is 64.6 Å². The highest BCUT2D eigenvalue weighted by molar-refractivity contribution is 5.85. The normalized spacial score (nSPS) is 21.9. The predicted molar refractivity (Wildman–Crippen MR) is 107 cm³/mol. The van der Waals surface area contributed by atoms with Crippen LogP contribution in [-0.2, 0) is 11.8 Å². The van der Waals surface area contributed by atoms with Crippen molar-refractivity contribution >= 4 is 24.1 Å². The molecule has 4 rings (SSSR count). The molecule has 2 aliphatic rings. The minimum absolute atomic E-state index is 0. The fraction of sp³-hybridized carbons (Fsp3) is 0.474. The molecule has 0 radical (unpaired) electrons. The molecule has 2 aromatic heterocycles. The van der Waals surface area contributed by atoms with E-state index in [4.69, 9.17) is 5.26 Å². The molecule has 1 amide bonds. The van der Waals surface area contributed by atoms with Crippen molar-refractivity contribution in [2.24, 2.45) is 13.0 Å². The molecule has 2 fully saturated rings. The van der Waals surface area contributed by atoms with Crippen LogP contribution in [-0.4, -0.2) is 64.8 Å². The number of rotatable bonds is 3. The smallest absolute Gasteiger partial charge is 0.227 e. The zero-order valence-electron chi connectivity index (χ0n) is 15.8. The number of pyridine rings is 1. The van der Waals surface area contributed by atoms with E-state index in [0.717, 1.165) is 31.0 Å². The van der Waals surface area contributed by atoms with Crippen molar-refractivity contribution in [2.75, 3.05) is 44.2 Å². The van der Waals surface area contributed by atoms with Crippen LogP contribution in [0.2, 0.25) is 0 Å². The summed E-state index contributed by atoms with van der Waals surface area (Å²) in [6.45, 7) is 4.33. The number of carbonyl (C=O) groups excluding carboxylic acids is 1. The summed E-state index contributed by atoms with van der Waals surface area (Å²) < 4.78 is 1.79. The number of hydrogen-bond acceptors (Lipinski definition) is 6. The second-order valence-electron chi connectivity index (χ2n) is 7.15. The molecule has 28 heavy (non-hydrogen) atoms. The molecule has 2 saturated heterocycles. The Labute approximate surface area is 170 Å². The monoisotopic (exact) mass is 401 g/mol. The van der Waals surface area contributed by atoms with Crippen molar-refractivity contribution < 1.29 is 4.79 Å². The van der Waals surface area contributed by atoms with Gasteiger partial charge in [0.15, 0.2) is 0 Å². The molecule has 0 aliphatic carbocycles. The number of nitriles is 1. The van der Waals surface area contributed by atoms with Gasteiger partial charge in [-0.15, -0.1) is 12.4 Å². The van der Waals surface area contributed by atoms with Gasteiger partial charge in [0.2, 0.25) is 5.91 Å². The molecule has 0 spiro atoms. The van der Waals surface area contributed by atoms with Gasteiger partial charge in [-0.2, -0.15) is 10.4 Å². The third-order valence-corrected chi connectivity index (χ3v) is 5.47. The average molecular weight is 402 g/mol. The summed E-state index contributed by atoms with van der Waals surface area (Å²) in [5.74, 6) is 1.16. The van der Waals surface area contributed by atoms with Crippen molar-refractivity contribution in [1.29, 1.82) is 5.26 Å². The average Bonchev–Trinajstić information content (AvgIpc) is 3.36. The van der Waals surface area contributed by atoms with Crippen molar-refractivity contribution in [3.05, 3.63) is 41.9 Å². The molecule has 2 aromatic rings. The van der Waals surface area contributed by atoms with Crippen molar-refractivity contribution in [3.63, 3.8) is 0 Å². The lowest BCUT2D eigenvalue weighted by Gasteiger charge is -2.37. The van der Waals surface area contributed by atoms with Gasteiger partial charge in [0.05, 0.1) is 23.7 Å². The number of hydrogen-bond donors (Lipinski definition) is 1. The molecule has 1 N–H and O–H groups in total. The lowest BCUT2D eigenvalue weighted by Crippen LogP contribution is -2.51. The molecule has 4 heterocycles. The highest BCUT2D eigenvalue weighted by atomic mass is 35.5. The minimum atomic E-state index is -0.0409. The zero-order valence-corrected chi connectivity index (χ0v) is 16.6. The molecule has 0 bridgehead atoms. The van der Waals surface area contributed by atoms with Gasteiger partial charge in [0.25, 0.3) is 0 Å². The van der Waals surface area contributed by atoms with Crippen molar-refractivity contribution in [1.82, 2.24) is 25.0 Å². The highest BCUT2D eigenvalue weighted by Crippen LogP contribution is 2.29. The summed E-state index contributed by atoms with van der Waals surface area (Å²) >= 11 is 0. The van der Waals surface area contributed by atoms with E-state index in [0.29, 0.717) is 25.2 Å². The fourth-order valence-electron chi connectivity index (χ4n) is 3.97. The lowest BCUT2D eigenvalue weighted by molar-refractivity contribution is -0.135. The van der Waals surface area contributed by atoms with E-state index in [9.17, 15) is 4.79 Å². The molecule has 0 saturated carbocycles. The third kappa shape index (κ3) is 3.96. The Bertz CT molecular complexity index is 869. The number of nitrogens with zero attached hydrogens (tertiary/aromatic N) is 6. The van der Waals surface area contributed by atoms with E-state index in [1.165, 1.54) is 0 Å². The van der Waals surface area contributed by atoms with Gasteiger partial charge < -0.3 is 15.1 Å². The van der Waals surface area contributed by atoms with E-state index in [1.54, 1.807) is 23.0 Å². The van der Waals surface area contributed by atoms with E-state index in [1.807, 2.05) is 24.3 Å². The number of aromatic nitrogens is 3. The standard InChI is InChI=1S/C19H23N7O.ClH/c1-24-13-15(10-23-24)16-11-21-12-17(16)19(27)26-6-4-25(5-7-26)18-8-14(9-20)2-3-22-18;/h2-3,8,10,13,16-17,21H,4-7,11-12H2,1H3;1H/t16-,17+;/m1./s1. The Morgan fingerprint density at radius 2 is 2.07 bits per heavy atom. The lowest BCUT2D eigenvalue weighted by atomic mass is 9.89. The molecule has 0 unspecified atom stereocenters. The van der Waals surface area contributed by atoms with E-state index in [-0.39, 0.29) is 30.2 Å². The van der Waals surface area contributed by atoms with E-state index >= 15 is 0 Å². The first-order valence-corrected chi connectivity index (χ1v) is 9.25. The minimum Gasteiger partial charge on any atom is -0.353 e. The summed E-state index contributed by atoms with van der Waals surface area (Å²) in [5, 5.41) is 16.7. The molecular formula is C19H24ClN7O. The first-order valence-electron chi connectivity index (χ1n) is 9.25. The van der Waals surface area contributed by atoms with Gasteiger partial charge in [-0.25, -0.2) is 4.98 Å². The Hall–Kier alpha value is -2.63. The number of piperazine rings is 1. The van der Waals surface area contributed by atoms with Crippen LogP contribution < -0.4 is 10.2 Å². The summed E-state index contributed by atoms with van der Waals surface area (Å²) in [6.07, 6.45) is 5.53. The summed E-state index contributed by atoms with van der Waals surface area (Å²) in [5.41, 5.74) is 1.73. The quantitative estimate of drug-likeness (QED) is 0.816. The molecule has 2 atom stereocenters. The van der Waals surface area contributed by atoms with Gasteiger partial charge in [0.1, 0.15) is 5.82 Å². The number of carbonyl (C=O) groups is 1. The summed E-state index contributed by atoms with van der Waals surface area (Å²) in [6, 6.07) is 5.65. The molecular weight excluding hydrogens is 378 g/mol. The number of anilines is 1. The predicted octanol–water partition coefficient (Wildman–Crippen LogP) is 0.760. The second-order valence-corrected chi connectivity index (χ2v) is 7.15. The Morgan fingerprint density at radius 3 is 2.75 bits per heavy atom. The van der Waals surface area contributed by atoms with Crippen LogP contribution >= 0.6 is 12.4 Å². The first kappa shape index (κ1) is 20.1. The molecule has 0 aromatic carbocycles. The summed E-state index contributed by atoms with van der Waals surface area (Å²) in [4.78, 5) is 21.6. The maximum atomic E-state index is 13.1. The zero-order chi connectivity index (χ0) is 18.8. The second kappa shape index (κ2) is 8.59. The molecule has 2 aliphatic heterocycles. The van der Waals surface area contributed by atoms with E-state index < -0.39 is 0 Å². The van der Waals surface area contributed by atoms with Crippen LogP contribution in [0.5, 0.6) is 0 Å². The first-order chi connectivity index (χ1) is 13.2. The fourth-order valence-corrected chi connectivity index (χ4v) is 3.97. The van der Waals surface area contributed by atoms with Gasteiger partial charge >= 0.3 is 0 Å². The van der Waals surface area contributed by atoms with Crippen LogP contribution in [0.3, 0.4) is 0 Å². The van der Waals surface area contributed by atoms with Gasteiger partial charge in [-0.1, -0.05) is 0 Å². The summed E-state index contributed by atoms with van der Waals surface area (Å²) in [7, 11) is 1.90. The van der Waals surface area contributed by atoms with Gasteiger partial charge in [-0.05, 0) is 17.7 Å². The Kier molecular flexibility index (Phi) is 6.17. The Morgan fingerprint density at radius 1 is 1.29 bits per heavy atom. The largest absolute Gasteiger partial charge is 0.353 e. The molecule has 9 heteroatoms. The van der Waals surface area contributed by atoms with Crippen LogP contribution in [0.25, 0.3) is 0 Å². The van der Waals surface area contributed by atoms with Crippen molar-refractivity contribution in [2.45, 2.75) is 5.92 Å². The van der Waals surface area contributed by atoms with Crippen LogP contribution in [0.15, 0.2) is 30.7 Å². The number of halogens is 1. The van der Waals surface area contributed by atoms with Crippen LogP contribution in [0.1, 0.15) is 17.0 Å².